The van der Waals surface area contributed by atoms with Crippen molar-refractivity contribution in [1.82, 2.24) is 9.80 Å². The highest BCUT2D eigenvalue weighted by atomic mass is 16.6. The minimum absolute atomic E-state index is 0.0785. The number of esters is 1. The molecule has 3 aromatic carbocycles. The molecule has 0 N–H and O–H groups in total. The molecule has 8 nitrogen and oxygen atoms in total. The Hall–Kier alpha value is -4.46. The zero-order valence-corrected chi connectivity index (χ0v) is 22.2. The van der Waals surface area contributed by atoms with Gasteiger partial charge in [0.25, 0.3) is 17.7 Å². The zero-order chi connectivity index (χ0) is 27.7. The maximum absolute atomic E-state index is 12.9. The van der Waals surface area contributed by atoms with Crippen LogP contribution in [0.4, 0.5) is 0 Å². The van der Waals surface area contributed by atoms with Gasteiger partial charge in [-0.05, 0) is 74.2 Å². The van der Waals surface area contributed by atoms with Gasteiger partial charge in [0.15, 0.2) is 0 Å². The van der Waals surface area contributed by atoms with Crippen LogP contribution in [0.15, 0.2) is 66.7 Å². The zero-order valence-electron chi connectivity index (χ0n) is 22.2. The third-order valence-corrected chi connectivity index (χ3v) is 6.60. The number of hydrogen-bond donors (Lipinski definition) is 0. The van der Waals surface area contributed by atoms with Gasteiger partial charge < -0.3 is 14.4 Å². The highest BCUT2D eigenvalue weighted by Gasteiger charge is 2.35. The summed E-state index contributed by atoms with van der Waals surface area (Å²) >= 11 is 0. The van der Waals surface area contributed by atoms with E-state index < -0.39 is 11.6 Å². The van der Waals surface area contributed by atoms with Crippen LogP contribution in [0, 0.1) is 0 Å². The molecule has 0 radical (unpaired) electrons. The summed E-state index contributed by atoms with van der Waals surface area (Å²) in [5, 5.41) is 0. The van der Waals surface area contributed by atoms with Gasteiger partial charge in [0.1, 0.15) is 24.5 Å². The molecule has 0 saturated heterocycles. The van der Waals surface area contributed by atoms with E-state index in [1.54, 1.807) is 57.2 Å². The van der Waals surface area contributed by atoms with Gasteiger partial charge >= 0.3 is 5.97 Å². The lowest BCUT2D eigenvalue weighted by Gasteiger charge is -2.29. The van der Waals surface area contributed by atoms with Crippen molar-refractivity contribution in [2.75, 3.05) is 13.1 Å². The molecule has 0 atom stereocenters. The highest BCUT2D eigenvalue weighted by Crippen LogP contribution is 2.26. The maximum Gasteiger partial charge on any atom is 0.326 e. The molecule has 3 aromatic rings. The van der Waals surface area contributed by atoms with Crippen LogP contribution < -0.4 is 4.74 Å². The van der Waals surface area contributed by atoms with Crippen LogP contribution in [-0.2, 0) is 29.1 Å². The van der Waals surface area contributed by atoms with E-state index in [0.717, 1.165) is 16.7 Å². The average molecular weight is 527 g/mol. The maximum atomic E-state index is 12.9. The molecule has 0 unspecified atom stereocenters. The Bertz CT molecular complexity index is 1440. The predicted molar refractivity (Wildman–Crippen MR) is 143 cm³/mol. The number of rotatable bonds is 7. The van der Waals surface area contributed by atoms with E-state index >= 15 is 0 Å². The molecular weight excluding hydrogens is 496 g/mol. The van der Waals surface area contributed by atoms with Gasteiger partial charge in [-0.15, -0.1) is 0 Å². The van der Waals surface area contributed by atoms with E-state index in [4.69, 9.17) is 9.47 Å². The molecule has 200 valence electrons. The lowest BCUT2D eigenvalue weighted by Crippen LogP contribution is -2.42. The lowest BCUT2D eigenvalue weighted by molar-refractivity contribution is -0.155. The van der Waals surface area contributed by atoms with Crippen LogP contribution in [-0.4, -0.2) is 52.2 Å². The summed E-state index contributed by atoms with van der Waals surface area (Å²) in [6.45, 7) is 6.20. The second kappa shape index (κ2) is 10.4. The van der Waals surface area contributed by atoms with Crippen LogP contribution in [0.1, 0.15) is 68.5 Å². The minimum atomic E-state index is -0.603. The Kier molecular flexibility index (Phi) is 6.95. The van der Waals surface area contributed by atoms with Crippen LogP contribution in [0.5, 0.6) is 5.75 Å². The molecule has 5 rings (SSSR count). The third kappa shape index (κ3) is 5.70. The molecule has 8 heteroatoms. The Labute approximate surface area is 227 Å². The summed E-state index contributed by atoms with van der Waals surface area (Å²) in [5.74, 6) is -0.567. The molecule has 0 saturated carbocycles. The van der Waals surface area contributed by atoms with Crippen molar-refractivity contribution in [3.63, 3.8) is 0 Å². The number of ether oxygens (including phenoxy) is 2. The molecule has 0 aliphatic carbocycles. The van der Waals surface area contributed by atoms with Gasteiger partial charge in [-0.3, -0.25) is 24.1 Å². The number of amides is 3. The molecule has 3 amide bonds. The Morgan fingerprint density at radius 2 is 1.51 bits per heavy atom. The van der Waals surface area contributed by atoms with Crippen molar-refractivity contribution < 1.29 is 28.7 Å². The number of hydrogen-bond acceptors (Lipinski definition) is 6. The van der Waals surface area contributed by atoms with Crippen molar-refractivity contribution in [3.05, 3.63) is 100 Å². The smallest absolute Gasteiger partial charge is 0.326 e. The molecule has 2 aliphatic heterocycles. The summed E-state index contributed by atoms with van der Waals surface area (Å²) in [4.78, 5) is 53.3. The van der Waals surface area contributed by atoms with Crippen LogP contribution in [0.3, 0.4) is 0 Å². The highest BCUT2D eigenvalue weighted by molar-refractivity contribution is 6.21. The molecular formula is C31H30N2O6. The van der Waals surface area contributed by atoms with Gasteiger partial charge in [-0.25, -0.2) is 0 Å². The first-order valence-electron chi connectivity index (χ1n) is 12.9. The van der Waals surface area contributed by atoms with Crippen molar-refractivity contribution in [1.29, 1.82) is 0 Å². The van der Waals surface area contributed by atoms with Crippen molar-refractivity contribution in [2.24, 2.45) is 0 Å². The van der Waals surface area contributed by atoms with Crippen LogP contribution in [0.25, 0.3) is 0 Å². The topological polar surface area (TPSA) is 93.2 Å². The predicted octanol–water partition coefficient (Wildman–Crippen LogP) is 4.40. The fourth-order valence-electron chi connectivity index (χ4n) is 4.83. The number of carbonyl (C=O) groups is 4. The van der Waals surface area contributed by atoms with Crippen LogP contribution in [0.2, 0.25) is 0 Å². The lowest BCUT2D eigenvalue weighted by atomic mass is 9.98. The minimum Gasteiger partial charge on any atom is -0.489 e. The quantitative estimate of drug-likeness (QED) is 0.335. The second-order valence-electron chi connectivity index (χ2n) is 10.7. The summed E-state index contributed by atoms with van der Waals surface area (Å²) in [5.41, 5.74) is 3.40. The van der Waals surface area contributed by atoms with Gasteiger partial charge in [-0.2, -0.15) is 0 Å². The first kappa shape index (κ1) is 26.2. The second-order valence-corrected chi connectivity index (χ2v) is 10.7. The average Bonchev–Trinajstić information content (AvgIpc) is 3.13. The van der Waals surface area contributed by atoms with Crippen molar-refractivity contribution in [3.8, 4) is 5.75 Å². The summed E-state index contributed by atoms with van der Waals surface area (Å²) in [7, 11) is 0. The van der Waals surface area contributed by atoms with Gasteiger partial charge in [-0.1, -0.05) is 36.4 Å². The molecule has 2 aliphatic rings. The van der Waals surface area contributed by atoms with E-state index in [1.165, 1.54) is 9.80 Å². The summed E-state index contributed by atoms with van der Waals surface area (Å²) in [6.07, 6.45) is 0.608. The normalized spacial score (nSPS) is 14.8. The first-order chi connectivity index (χ1) is 18.6. The van der Waals surface area contributed by atoms with E-state index in [1.807, 2.05) is 30.3 Å². The fourth-order valence-corrected chi connectivity index (χ4v) is 4.83. The van der Waals surface area contributed by atoms with E-state index in [9.17, 15) is 19.2 Å². The Balaban J connectivity index is 1.20. The van der Waals surface area contributed by atoms with Gasteiger partial charge in [0, 0.05) is 12.1 Å². The van der Waals surface area contributed by atoms with Gasteiger partial charge in [0.05, 0.1) is 17.7 Å². The van der Waals surface area contributed by atoms with Crippen molar-refractivity contribution >= 4 is 23.7 Å². The molecule has 0 fully saturated rings. The SMILES string of the molecule is CC(C)(C)OC(=O)CN1CCc2cc(OCc3cccc(CN4C(=O)c5ccccc5C4=O)c3)ccc2C1=O. The molecule has 39 heavy (non-hydrogen) atoms. The summed E-state index contributed by atoms with van der Waals surface area (Å²) in [6, 6.07) is 19.8. The number of carbonyl (C=O) groups excluding carboxylic acids is 4. The van der Waals surface area contributed by atoms with Crippen LogP contribution >= 0.6 is 0 Å². The monoisotopic (exact) mass is 526 g/mol. The summed E-state index contributed by atoms with van der Waals surface area (Å²) < 4.78 is 11.4. The molecule has 2 heterocycles. The van der Waals surface area contributed by atoms with E-state index in [-0.39, 0.29) is 37.4 Å². The van der Waals surface area contributed by atoms with Crippen molar-refractivity contribution in [2.45, 2.75) is 45.9 Å². The fraction of sp³-hybridized carbons (Fsp3) is 0.290. The Morgan fingerprint density at radius 1 is 0.821 bits per heavy atom. The standard InChI is InChI=1S/C31H30N2O6/c1-31(2,3)39-27(34)18-32-14-13-22-16-23(11-12-24(22)28(32)35)38-19-21-8-6-7-20(15-21)17-33-29(36)25-9-4-5-10-26(25)30(33)37/h4-12,15-16H,13-14,17-19H2,1-3H3. The number of nitrogens with zero attached hydrogens (tertiary/aromatic N) is 2. The third-order valence-electron chi connectivity index (χ3n) is 6.60. The molecule has 0 bridgehead atoms. The van der Waals surface area contributed by atoms with Gasteiger partial charge in [0.2, 0.25) is 0 Å². The molecule has 0 spiro atoms. The number of benzene rings is 3. The Morgan fingerprint density at radius 3 is 2.21 bits per heavy atom. The molecule has 0 aromatic heterocycles. The first-order valence-corrected chi connectivity index (χ1v) is 12.9. The largest absolute Gasteiger partial charge is 0.489 e. The van der Waals surface area contributed by atoms with E-state index in [0.29, 0.717) is 35.4 Å². The number of imide groups is 1. The van der Waals surface area contributed by atoms with E-state index in [2.05, 4.69) is 0 Å². The number of fused-ring (bicyclic) bond motifs is 2.